The molecule has 78 valence electrons. The van der Waals surface area contributed by atoms with E-state index >= 15 is 0 Å². The monoisotopic (exact) mass is 240 g/mol. The van der Waals surface area contributed by atoms with Crippen LogP contribution in [0.15, 0.2) is 35.0 Å². The molecule has 0 fully saturated rings. The molecule has 0 bridgehead atoms. The first-order valence-corrected chi connectivity index (χ1v) is 6.00. The van der Waals surface area contributed by atoms with Crippen LogP contribution in [0.5, 0.6) is 5.06 Å². The fourth-order valence-corrected chi connectivity index (χ4v) is 2.31. The van der Waals surface area contributed by atoms with E-state index in [-0.39, 0.29) is 0 Å². The van der Waals surface area contributed by atoms with Crippen LogP contribution in [0, 0.1) is 0 Å². The molecule has 5 heteroatoms. The molecule has 3 nitrogen and oxygen atoms in total. The number of thiophene rings is 2. The van der Waals surface area contributed by atoms with Gasteiger partial charge in [-0.25, -0.2) is 4.79 Å². The maximum atomic E-state index is 11.4. The summed E-state index contributed by atoms with van der Waals surface area (Å²) in [5.41, 5.74) is 0. The van der Waals surface area contributed by atoms with E-state index in [9.17, 15) is 9.90 Å². The Bertz CT molecular complexity index is 419. The summed E-state index contributed by atoms with van der Waals surface area (Å²) in [4.78, 5) is 12.0. The van der Waals surface area contributed by atoms with Crippen molar-refractivity contribution in [3.63, 3.8) is 0 Å². The van der Waals surface area contributed by atoms with E-state index in [1.165, 1.54) is 22.7 Å². The molecule has 0 aliphatic carbocycles. The molecule has 0 radical (unpaired) electrons. The van der Waals surface area contributed by atoms with Crippen LogP contribution in [0.3, 0.4) is 0 Å². The molecule has 2 rings (SSSR count). The average Bonchev–Trinajstić information content (AvgIpc) is 2.88. The van der Waals surface area contributed by atoms with Gasteiger partial charge in [0.15, 0.2) is 11.2 Å². The Kier molecular flexibility index (Phi) is 3.15. The minimum atomic E-state index is -1.19. The molecule has 1 N–H and O–H groups in total. The van der Waals surface area contributed by atoms with Gasteiger partial charge in [-0.2, -0.15) is 0 Å². The third kappa shape index (κ3) is 2.44. The van der Waals surface area contributed by atoms with Crippen LogP contribution >= 0.6 is 22.7 Å². The van der Waals surface area contributed by atoms with Crippen molar-refractivity contribution in [2.45, 2.75) is 6.10 Å². The maximum absolute atomic E-state index is 11.4. The summed E-state index contributed by atoms with van der Waals surface area (Å²) in [6.45, 7) is 0. The van der Waals surface area contributed by atoms with Crippen LogP contribution < -0.4 is 4.74 Å². The van der Waals surface area contributed by atoms with E-state index in [0.29, 0.717) is 9.94 Å². The summed E-state index contributed by atoms with van der Waals surface area (Å²) >= 11 is 2.64. The summed E-state index contributed by atoms with van der Waals surface area (Å²) in [6.07, 6.45) is -1.19. The Balaban J connectivity index is 2.03. The van der Waals surface area contributed by atoms with E-state index < -0.39 is 12.1 Å². The zero-order valence-electron chi connectivity index (χ0n) is 7.62. The highest BCUT2D eigenvalue weighted by molar-refractivity contribution is 7.12. The molecule has 0 saturated carbocycles. The number of aliphatic hydroxyl groups is 1. The van der Waals surface area contributed by atoms with E-state index in [1.807, 2.05) is 0 Å². The van der Waals surface area contributed by atoms with E-state index in [4.69, 9.17) is 4.74 Å². The minimum absolute atomic E-state index is 0.496. The van der Waals surface area contributed by atoms with Crippen molar-refractivity contribution in [1.29, 1.82) is 0 Å². The van der Waals surface area contributed by atoms with Crippen LogP contribution in [0.1, 0.15) is 11.0 Å². The van der Waals surface area contributed by atoms with Gasteiger partial charge >= 0.3 is 5.97 Å². The third-order valence-corrected chi connectivity index (χ3v) is 3.40. The van der Waals surface area contributed by atoms with Gasteiger partial charge in [0.05, 0.1) is 0 Å². The summed E-state index contributed by atoms with van der Waals surface area (Å²) in [7, 11) is 0. The lowest BCUT2D eigenvalue weighted by atomic mass is 10.3. The van der Waals surface area contributed by atoms with E-state index in [0.717, 1.165) is 0 Å². The van der Waals surface area contributed by atoms with Gasteiger partial charge in [0.1, 0.15) is 0 Å². The highest BCUT2D eigenvalue weighted by Crippen LogP contribution is 2.23. The number of carbonyl (C=O) groups is 1. The van der Waals surface area contributed by atoms with Crippen molar-refractivity contribution in [1.82, 2.24) is 0 Å². The van der Waals surface area contributed by atoms with Crippen LogP contribution in [-0.4, -0.2) is 11.1 Å². The average molecular weight is 240 g/mol. The number of esters is 1. The van der Waals surface area contributed by atoms with Gasteiger partial charge in [-0.3, -0.25) is 0 Å². The number of hydrogen-bond acceptors (Lipinski definition) is 5. The van der Waals surface area contributed by atoms with E-state index in [1.54, 1.807) is 35.0 Å². The van der Waals surface area contributed by atoms with Crippen molar-refractivity contribution >= 4 is 28.6 Å². The molecule has 2 heterocycles. The van der Waals surface area contributed by atoms with Crippen LogP contribution in [0.2, 0.25) is 0 Å². The number of aliphatic hydroxyl groups excluding tert-OH is 1. The molecule has 0 aliphatic rings. The normalized spacial score (nSPS) is 12.3. The molecule has 0 aliphatic heterocycles. The fourth-order valence-electron chi connectivity index (χ4n) is 1.04. The molecule has 0 aromatic carbocycles. The Morgan fingerprint density at radius 1 is 1.27 bits per heavy atom. The molecule has 2 aromatic heterocycles. The van der Waals surface area contributed by atoms with Gasteiger partial charge in [-0.05, 0) is 29.0 Å². The Morgan fingerprint density at radius 2 is 2.00 bits per heavy atom. The largest absolute Gasteiger partial charge is 0.413 e. The van der Waals surface area contributed by atoms with Crippen LogP contribution in [-0.2, 0) is 4.79 Å². The lowest BCUT2D eigenvalue weighted by Crippen LogP contribution is -2.16. The van der Waals surface area contributed by atoms with Crippen molar-refractivity contribution in [2.75, 3.05) is 0 Å². The second-order valence-corrected chi connectivity index (χ2v) is 4.66. The molecule has 0 saturated heterocycles. The molecular formula is C10H8O3S2. The number of ether oxygens (including phenoxy) is 1. The highest BCUT2D eigenvalue weighted by Gasteiger charge is 2.20. The van der Waals surface area contributed by atoms with Crippen molar-refractivity contribution in [2.24, 2.45) is 0 Å². The van der Waals surface area contributed by atoms with Gasteiger partial charge in [-0.1, -0.05) is 6.07 Å². The molecule has 2 aromatic rings. The lowest BCUT2D eigenvalue weighted by molar-refractivity contribution is -0.143. The Labute approximate surface area is 94.6 Å². The van der Waals surface area contributed by atoms with E-state index in [2.05, 4.69) is 0 Å². The predicted molar refractivity (Wildman–Crippen MR) is 59.2 cm³/mol. The van der Waals surface area contributed by atoms with Crippen LogP contribution in [0.4, 0.5) is 0 Å². The van der Waals surface area contributed by atoms with Crippen LogP contribution in [0.25, 0.3) is 0 Å². The van der Waals surface area contributed by atoms with Crippen molar-refractivity contribution < 1.29 is 14.6 Å². The number of rotatable bonds is 3. The number of carbonyl (C=O) groups excluding carboxylic acids is 1. The van der Waals surface area contributed by atoms with Crippen molar-refractivity contribution in [3.05, 3.63) is 39.9 Å². The lowest BCUT2D eigenvalue weighted by Gasteiger charge is -2.06. The van der Waals surface area contributed by atoms with Gasteiger partial charge in [0.2, 0.25) is 0 Å². The SMILES string of the molecule is O=C(Oc1cccs1)C(O)c1cccs1. The summed E-state index contributed by atoms with van der Waals surface area (Å²) < 4.78 is 4.98. The first-order valence-electron chi connectivity index (χ1n) is 4.24. The zero-order valence-corrected chi connectivity index (χ0v) is 9.25. The predicted octanol–water partition coefficient (Wildman–Crippen LogP) is 2.45. The smallest absolute Gasteiger partial charge is 0.346 e. The fraction of sp³-hybridized carbons (Fsp3) is 0.100. The highest BCUT2D eigenvalue weighted by atomic mass is 32.1. The summed E-state index contributed by atoms with van der Waals surface area (Å²) in [5, 5.41) is 13.7. The summed E-state index contributed by atoms with van der Waals surface area (Å²) in [5.74, 6) is -0.639. The quantitative estimate of drug-likeness (QED) is 0.838. The molecule has 15 heavy (non-hydrogen) atoms. The molecular weight excluding hydrogens is 232 g/mol. The number of hydrogen-bond donors (Lipinski definition) is 1. The Morgan fingerprint density at radius 3 is 2.60 bits per heavy atom. The molecule has 1 unspecified atom stereocenters. The minimum Gasteiger partial charge on any atom is -0.413 e. The molecule has 1 atom stereocenters. The van der Waals surface area contributed by atoms with Gasteiger partial charge in [0.25, 0.3) is 0 Å². The Hall–Kier alpha value is -1.17. The second kappa shape index (κ2) is 4.57. The summed E-state index contributed by atoms with van der Waals surface area (Å²) in [6, 6.07) is 6.95. The van der Waals surface area contributed by atoms with Gasteiger partial charge in [-0.15, -0.1) is 22.7 Å². The topological polar surface area (TPSA) is 46.5 Å². The first kappa shape index (κ1) is 10.4. The maximum Gasteiger partial charge on any atom is 0.346 e. The third-order valence-electron chi connectivity index (χ3n) is 1.73. The zero-order chi connectivity index (χ0) is 10.7. The molecule has 0 spiro atoms. The van der Waals surface area contributed by atoms with Gasteiger partial charge < -0.3 is 9.84 Å². The standard InChI is InChI=1S/C10H8O3S2/c11-9(7-3-1-5-14-7)10(12)13-8-4-2-6-15-8/h1-6,9,11H. The van der Waals surface area contributed by atoms with Gasteiger partial charge in [0, 0.05) is 4.88 Å². The van der Waals surface area contributed by atoms with Crippen molar-refractivity contribution in [3.8, 4) is 5.06 Å². The first-order chi connectivity index (χ1) is 7.27. The molecule has 0 amide bonds. The second-order valence-electron chi connectivity index (χ2n) is 2.77.